The van der Waals surface area contributed by atoms with Crippen molar-refractivity contribution in [2.75, 3.05) is 13.1 Å². The number of nitro groups is 1. The summed E-state index contributed by atoms with van der Waals surface area (Å²) in [6.45, 7) is 0.709. The van der Waals surface area contributed by atoms with Gasteiger partial charge in [0.2, 0.25) is 0 Å². The van der Waals surface area contributed by atoms with Crippen LogP contribution in [0.2, 0.25) is 0 Å². The van der Waals surface area contributed by atoms with Crippen molar-refractivity contribution in [2.24, 2.45) is 0 Å². The van der Waals surface area contributed by atoms with Gasteiger partial charge in [0.15, 0.2) is 17.3 Å². The molecule has 6 rings (SSSR count). The number of nitrogens with one attached hydrogen (secondary N) is 1. The molecule has 11 nitrogen and oxygen atoms in total. The van der Waals surface area contributed by atoms with E-state index in [1.807, 2.05) is 6.07 Å². The zero-order valence-electron chi connectivity index (χ0n) is 21.8. The van der Waals surface area contributed by atoms with Crippen LogP contribution >= 0.6 is 0 Å². The van der Waals surface area contributed by atoms with E-state index in [1.54, 1.807) is 21.7 Å². The largest absolute Gasteiger partial charge is 0.440 e. The standard InChI is InChI=1S/C28H26F2N6O5/c29-21-4-1-3-20(24(21)30)16-6-7-23(25-17(13-16)14-19(15-32-25)36(39)40)41-28(38)34-11-8-18(9-12-34)35-22-5-2-10-31-26(22)33-27(35)37/h1-5,10,14-16,18,23H,6-9,11-13H2,(H,31,33,37). The Morgan fingerprint density at radius 2 is 1.90 bits per heavy atom. The van der Waals surface area contributed by atoms with E-state index in [0.29, 0.717) is 54.8 Å². The number of halogens is 2. The fourth-order valence-electron chi connectivity index (χ4n) is 5.96. The Bertz CT molecular complexity index is 1700. The van der Waals surface area contributed by atoms with Gasteiger partial charge in [-0.25, -0.2) is 28.3 Å². The van der Waals surface area contributed by atoms with Gasteiger partial charge in [-0.05, 0) is 67.3 Å². The molecular weight excluding hydrogens is 538 g/mol. The maximum absolute atomic E-state index is 14.7. The summed E-state index contributed by atoms with van der Waals surface area (Å²) in [7, 11) is 0. The lowest BCUT2D eigenvalue weighted by Crippen LogP contribution is -2.41. The number of aromatic amines is 1. The predicted molar refractivity (Wildman–Crippen MR) is 142 cm³/mol. The smallest absolute Gasteiger partial charge is 0.410 e. The minimum Gasteiger partial charge on any atom is -0.440 e. The highest BCUT2D eigenvalue weighted by Gasteiger charge is 2.34. The first kappa shape index (κ1) is 26.5. The van der Waals surface area contributed by atoms with Crippen LogP contribution in [0.5, 0.6) is 0 Å². The molecular formula is C28H26F2N6O5. The van der Waals surface area contributed by atoms with Crippen molar-refractivity contribution in [3.05, 3.63) is 97.8 Å². The molecule has 0 bridgehead atoms. The van der Waals surface area contributed by atoms with Gasteiger partial charge in [0.25, 0.3) is 5.69 Å². The number of piperidine rings is 1. The molecule has 0 radical (unpaired) electrons. The average Bonchev–Trinajstić information content (AvgIpc) is 3.20. The molecule has 4 heterocycles. The van der Waals surface area contributed by atoms with Crippen LogP contribution in [0.25, 0.3) is 11.2 Å². The Morgan fingerprint density at radius 3 is 2.68 bits per heavy atom. The zero-order chi connectivity index (χ0) is 28.7. The summed E-state index contributed by atoms with van der Waals surface area (Å²) in [5.41, 5.74) is 1.72. The summed E-state index contributed by atoms with van der Waals surface area (Å²) in [5, 5.41) is 11.4. The van der Waals surface area contributed by atoms with Gasteiger partial charge >= 0.3 is 11.8 Å². The second-order valence-electron chi connectivity index (χ2n) is 10.4. The quantitative estimate of drug-likeness (QED) is 0.211. The van der Waals surface area contributed by atoms with Gasteiger partial charge in [-0.1, -0.05) is 12.1 Å². The molecule has 2 unspecified atom stereocenters. The fourth-order valence-corrected chi connectivity index (χ4v) is 5.96. The van der Waals surface area contributed by atoms with Gasteiger partial charge in [-0.2, -0.15) is 0 Å². The van der Waals surface area contributed by atoms with Crippen molar-refractivity contribution in [3.8, 4) is 0 Å². The molecule has 4 aromatic rings. The third-order valence-electron chi connectivity index (χ3n) is 7.99. The fraction of sp³-hybridized carbons (Fsp3) is 0.357. The molecule has 41 heavy (non-hydrogen) atoms. The second kappa shape index (κ2) is 10.7. The summed E-state index contributed by atoms with van der Waals surface area (Å²) in [6.07, 6.45) is 3.20. The highest BCUT2D eigenvalue weighted by Crippen LogP contribution is 2.39. The van der Waals surface area contributed by atoms with E-state index in [-0.39, 0.29) is 35.8 Å². The van der Waals surface area contributed by atoms with Crippen molar-refractivity contribution >= 4 is 22.9 Å². The van der Waals surface area contributed by atoms with E-state index in [1.165, 1.54) is 18.2 Å². The monoisotopic (exact) mass is 564 g/mol. The maximum atomic E-state index is 14.7. The number of nitrogens with zero attached hydrogens (tertiary/aromatic N) is 5. The Balaban J connectivity index is 1.20. The Hall–Kier alpha value is -4.68. The van der Waals surface area contributed by atoms with Crippen LogP contribution in [-0.4, -0.2) is 48.5 Å². The van der Waals surface area contributed by atoms with E-state index >= 15 is 0 Å². The number of carbonyl (C=O) groups is 1. The molecule has 1 saturated heterocycles. The molecule has 13 heteroatoms. The molecule has 1 aromatic carbocycles. The molecule has 0 saturated carbocycles. The minimum absolute atomic E-state index is 0.118. The summed E-state index contributed by atoms with van der Waals surface area (Å²) in [4.78, 5) is 49.5. The zero-order valence-corrected chi connectivity index (χ0v) is 21.8. The number of fused-ring (bicyclic) bond motifs is 2. The molecule has 2 aliphatic rings. The van der Waals surface area contributed by atoms with Crippen LogP contribution in [0.1, 0.15) is 60.6 Å². The van der Waals surface area contributed by atoms with Crippen molar-refractivity contribution in [1.29, 1.82) is 0 Å². The second-order valence-corrected chi connectivity index (χ2v) is 10.4. The third kappa shape index (κ3) is 5.03. The number of benzene rings is 1. The molecule has 1 N–H and O–H groups in total. The van der Waals surface area contributed by atoms with E-state index in [2.05, 4.69) is 15.0 Å². The minimum atomic E-state index is -0.971. The number of hydrogen-bond donors (Lipinski definition) is 1. The first-order valence-corrected chi connectivity index (χ1v) is 13.4. The Labute approximate surface area is 231 Å². The van der Waals surface area contributed by atoms with Crippen LogP contribution in [-0.2, 0) is 11.2 Å². The molecule has 1 amide bonds. The van der Waals surface area contributed by atoms with Gasteiger partial charge in [-0.3, -0.25) is 19.7 Å². The number of imidazole rings is 1. The van der Waals surface area contributed by atoms with Crippen molar-refractivity contribution < 1.29 is 23.2 Å². The Kier molecular flexibility index (Phi) is 6.93. The lowest BCUT2D eigenvalue weighted by atomic mass is 9.89. The number of ether oxygens (including phenoxy) is 1. The predicted octanol–water partition coefficient (Wildman–Crippen LogP) is 4.94. The van der Waals surface area contributed by atoms with Gasteiger partial charge in [0.1, 0.15) is 12.3 Å². The molecule has 0 spiro atoms. The Morgan fingerprint density at radius 1 is 1.10 bits per heavy atom. The average molecular weight is 565 g/mol. The normalized spacial score (nSPS) is 19.5. The van der Waals surface area contributed by atoms with Crippen molar-refractivity contribution in [3.63, 3.8) is 0 Å². The van der Waals surface area contributed by atoms with Crippen molar-refractivity contribution in [2.45, 2.75) is 50.2 Å². The molecule has 212 valence electrons. The number of hydrogen-bond acceptors (Lipinski definition) is 7. The highest BCUT2D eigenvalue weighted by atomic mass is 19.2. The molecule has 1 aliphatic carbocycles. The first-order chi connectivity index (χ1) is 19.8. The van der Waals surface area contributed by atoms with E-state index in [0.717, 1.165) is 12.3 Å². The van der Waals surface area contributed by atoms with Gasteiger partial charge in [0.05, 0.1) is 16.1 Å². The van der Waals surface area contributed by atoms with E-state index in [4.69, 9.17) is 4.74 Å². The third-order valence-corrected chi connectivity index (χ3v) is 7.99. The van der Waals surface area contributed by atoms with Gasteiger partial charge in [0, 0.05) is 31.4 Å². The lowest BCUT2D eigenvalue weighted by molar-refractivity contribution is -0.385. The van der Waals surface area contributed by atoms with Crippen LogP contribution < -0.4 is 5.69 Å². The number of aromatic nitrogens is 4. The van der Waals surface area contributed by atoms with E-state index in [9.17, 15) is 28.5 Å². The number of pyridine rings is 2. The van der Waals surface area contributed by atoms with Crippen LogP contribution in [0, 0.1) is 21.7 Å². The topological polar surface area (TPSA) is 136 Å². The first-order valence-electron chi connectivity index (χ1n) is 13.4. The van der Waals surface area contributed by atoms with Crippen LogP contribution in [0.15, 0.2) is 53.6 Å². The number of H-pyrrole nitrogens is 1. The molecule has 3 aromatic heterocycles. The molecule has 1 aliphatic heterocycles. The summed E-state index contributed by atoms with van der Waals surface area (Å²) in [5.74, 6) is -2.42. The SMILES string of the molecule is O=C(OC1CCC(c2cccc(F)c2F)Cc2cc([N+](=O)[O-])cnc21)N1CCC(n2c(=O)[nH]c3ncccc32)CC1. The summed E-state index contributed by atoms with van der Waals surface area (Å²) in [6, 6.07) is 8.79. The van der Waals surface area contributed by atoms with Gasteiger partial charge in [-0.15, -0.1) is 0 Å². The van der Waals surface area contributed by atoms with Crippen LogP contribution in [0.3, 0.4) is 0 Å². The van der Waals surface area contributed by atoms with Crippen molar-refractivity contribution in [1.82, 2.24) is 24.4 Å². The summed E-state index contributed by atoms with van der Waals surface area (Å²) >= 11 is 0. The van der Waals surface area contributed by atoms with Crippen LogP contribution in [0.4, 0.5) is 19.3 Å². The van der Waals surface area contributed by atoms with E-state index < -0.39 is 34.7 Å². The summed E-state index contributed by atoms with van der Waals surface area (Å²) < 4.78 is 36.3. The number of amides is 1. The highest BCUT2D eigenvalue weighted by molar-refractivity contribution is 5.70. The number of rotatable bonds is 4. The lowest BCUT2D eigenvalue weighted by Gasteiger charge is -2.33. The molecule has 2 atom stereocenters. The number of carbonyl (C=O) groups excluding carboxylic acids is 1. The van der Waals surface area contributed by atoms with Gasteiger partial charge < -0.3 is 9.64 Å². The maximum Gasteiger partial charge on any atom is 0.410 e. The number of likely N-dealkylation sites (tertiary alicyclic amines) is 1. The molecule has 1 fully saturated rings.